The Balaban J connectivity index is 1.70. The van der Waals surface area contributed by atoms with Gasteiger partial charge in [0.05, 0.1) is 11.8 Å². The zero-order valence-corrected chi connectivity index (χ0v) is 14.5. The second-order valence-corrected chi connectivity index (χ2v) is 6.61. The highest BCUT2D eigenvalue weighted by Crippen LogP contribution is 2.30. The third kappa shape index (κ3) is 3.54. The van der Waals surface area contributed by atoms with Gasteiger partial charge in [-0.2, -0.15) is 0 Å². The predicted molar refractivity (Wildman–Crippen MR) is 94.4 cm³/mol. The molecule has 2 heterocycles. The maximum Gasteiger partial charge on any atom is 0.311 e. The molecule has 6 nitrogen and oxygen atoms in total. The van der Waals surface area contributed by atoms with E-state index in [0.717, 1.165) is 23.0 Å². The van der Waals surface area contributed by atoms with Gasteiger partial charge in [0.15, 0.2) is 0 Å². The van der Waals surface area contributed by atoms with E-state index in [1.807, 2.05) is 30.5 Å². The summed E-state index contributed by atoms with van der Waals surface area (Å²) in [5.41, 5.74) is 1.16. The number of hydrogen-bond acceptors (Lipinski definition) is 3. The third-order valence-corrected chi connectivity index (χ3v) is 5.09. The molecule has 0 bridgehead atoms. The third-order valence-electron chi connectivity index (χ3n) is 5.09. The molecule has 2 aromatic rings. The second-order valence-electron chi connectivity index (χ2n) is 6.61. The van der Waals surface area contributed by atoms with Crippen molar-refractivity contribution >= 4 is 22.8 Å². The summed E-state index contributed by atoms with van der Waals surface area (Å²) >= 11 is 0. The van der Waals surface area contributed by atoms with Crippen LogP contribution in [0.2, 0.25) is 0 Å². The van der Waals surface area contributed by atoms with Crippen LogP contribution in [-0.4, -0.2) is 41.3 Å². The highest BCUT2D eigenvalue weighted by molar-refractivity contribution is 5.89. The highest BCUT2D eigenvalue weighted by Gasteiger charge is 2.40. The number of carboxylic acids is 1. The number of carboxylic acid groups (broad SMARTS) is 1. The van der Waals surface area contributed by atoms with Crippen molar-refractivity contribution in [3.8, 4) is 0 Å². The number of fused-ring (bicyclic) bond motifs is 1. The Labute approximate surface area is 146 Å². The minimum atomic E-state index is -0.911. The Morgan fingerprint density at radius 1 is 1.28 bits per heavy atom. The van der Waals surface area contributed by atoms with Crippen molar-refractivity contribution in [2.45, 2.75) is 32.7 Å². The molecular formula is C19H24N2O4. The lowest BCUT2D eigenvalue weighted by atomic mass is 9.80. The first-order valence-electron chi connectivity index (χ1n) is 8.70. The molecule has 2 N–H and O–H groups in total. The quantitative estimate of drug-likeness (QED) is 0.842. The molecule has 3 rings (SSSR count). The van der Waals surface area contributed by atoms with Crippen LogP contribution in [0.15, 0.2) is 30.5 Å². The maximum atomic E-state index is 12.4. The number of para-hydroxylation sites is 1. The van der Waals surface area contributed by atoms with Crippen molar-refractivity contribution in [3.63, 3.8) is 0 Å². The monoisotopic (exact) mass is 344 g/mol. The number of aryl methyl sites for hydroxylation is 1. The zero-order chi connectivity index (χ0) is 17.9. The summed E-state index contributed by atoms with van der Waals surface area (Å²) < 4.78 is 7.38. The van der Waals surface area contributed by atoms with Crippen molar-refractivity contribution in [1.82, 2.24) is 9.88 Å². The molecular weight excluding hydrogens is 320 g/mol. The topological polar surface area (TPSA) is 80.6 Å². The molecule has 1 aromatic heterocycles. The number of carbonyl (C=O) groups is 2. The van der Waals surface area contributed by atoms with E-state index in [2.05, 4.69) is 16.8 Å². The van der Waals surface area contributed by atoms with E-state index in [1.165, 1.54) is 0 Å². The van der Waals surface area contributed by atoms with Crippen LogP contribution in [0.3, 0.4) is 0 Å². The summed E-state index contributed by atoms with van der Waals surface area (Å²) in [5.74, 6) is -1.01. The molecule has 1 aliphatic rings. The number of nitrogens with one attached hydrogen (secondary N) is 1. The number of benzene rings is 1. The minimum absolute atomic E-state index is 0.147. The molecule has 0 atom stereocenters. The minimum Gasteiger partial charge on any atom is -0.481 e. The van der Waals surface area contributed by atoms with Crippen LogP contribution in [0.5, 0.6) is 0 Å². The fourth-order valence-corrected chi connectivity index (χ4v) is 3.46. The van der Waals surface area contributed by atoms with Crippen LogP contribution in [0.1, 0.15) is 25.3 Å². The smallest absolute Gasteiger partial charge is 0.311 e. The predicted octanol–water partition coefficient (Wildman–Crippen LogP) is 2.20. The van der Waals surface area contributed by atoms with Crippen LogP contribution < -0.4 is 5.32 Å². The number of aromatic nitrogens is 1. The second kappa shape index (κ2) is 7.27. The van der Waals surface area contributed by atoms with E-state index in [0.29, 0.717) is 26.1 Å². The Kier molecular flexibility index (Phi) is 5.08. The van der Waals surface area contributed by atoms with Gasteiger partial charge < -0.3 is 19.7 Å². The van der Waals surface area contributed by atoms with Crippen molar-refractivity contribution in [2.75, 3.05) is 19.8 Å². The molecule has 0 unspecified atom stereocenters. The molecule has 1 fully saturated rings. The summed E-state index contributed by atoms with van der Waals surface area (Å²) in [7, 11) is 0. The molecule has 0 saturated carbocycles. The van der Waals surface area contributed by atoms with E-state index in [4.69, 9.17) is 4.74 Å². The number of aliphatic carboxylic acids is 1. The molecule has 1 aromatic carbocycles. The number of hydrogen-bond donors (Lipinski definition) is 2. The molecule has 1 amide bonds. The molecule has 6 heteroatoms. The van der Waals surface area contributed by atoms with E-state index >= 15 is 0 Å². The van der Waals surface area contributed by atoms with Crippen molar-refractivity contribution in [1.29, 1.82) is 0 Å². The van der Waals surface area contributed by atoms with Crippen LogP contribution in [0.4, 0.5) is 0 Å². The Morgan fingerprint density at radius 3 is 2.68 bits per heavy atom. The van der Waals surface area contributed by atoms with Gasteiger partial charge in [-0.05, 0) is 31.4 Å². The largest absolute Gasteiger partial charge is 0.481 e. The van der Waals surface area contributed by atoms with Crippen molar-refractivity contribution in [2.24, 2.45) is 5.41 Å². The lowest BCUT2D eigenvalue weighted by Gasteiger charge is -2.33. The molecule has 1 saturated heterocycles. The average molecular weight is 344 g/mol. The lowest BCUT2D eigenvalue weighted by Crippen LogP contribution is -2.46. The molecule has 0 aliphatic carbocycles. The maximum absolute atomic E-state index is 12.4. The molecule has 25 heavy (non-hydrogen) atoms. The lowest BCUT2D eigenvalue weighted by molar-refractivity contribution is -0.154. The number of rotatable bonds is 6. The van der Waals surface area contributed by atoms with E-state index in [9.17, 15) is 14.7 Å². The van der Waals surface area contributed by atoms with Gasteiger partial charge in [-0.1, -0.05) is 18.2 Å². The normalized spacial score (nSPS) is 16.7. The summed E-state index contributed by atoms with van der Waals surface area (Å²) in [6.07, 6.45) is 3.11. The first-order valence-corrected chi connectivity index (χ1v) is 8.70. The van der Waals surface area contributed by atoms with Crippen molar-refractivity contribution < 1.29 is 19.4 Å². The van der Waals surface area contributed by atoms with Crippen LogP contribution in [0.25, 0.3) is 10.9 Å². The first-order chi connectivity index (χ1) is 12.1. The Morgan fingerprint density at radius 2 is 2.00 bits per heavy atom. The van der Waals surface area contributed by atoms with Gasteiger partial charge in [-0.15, -0.1) is 0 Å². The van der Waals surface area contributed by atoms with Gasteiger partial charge in [0, 0.05) is 43.4 Å². The van der Waals surface area contributed by atoms with Gasteiger partial charge in [0.25, 0.3) is 0 Å². The van der Waals surface area contributed by atoms with E-state index in [1.54, 1.807) is 0 Å². The Bertz CT molecular complexity index is 775. The van der Waals surface area contributed by atoms with Crippen LogP contribution in [0, 0.1) is 5.41 Å². The summed E-state index contributed by atoms with van der Waals surface area (Å²) in [5, 5.41) is 13.5. The van der Waals surface area contributed by atoms with Gasteiger partial charge in [-0.25, -0.2) is 0 Å². The van der Waals surface area contributed by atoms with Gasteiger partial charge in [-0.3, -0.25) is 9.59 Å². The summed E-state index contributed by atoms with van der Waals surface area (Å²) in [6.45, 7) is 3.90. The summed E-state index contributed by atoms with van der Waals surface area (Å²) in [6, 6.07) is 8.01. The first kappa shape index (κ1) is 17.5. The number of nitrogens with zero attached hydrogens (tertiary/aromatic N) is 1. The zero-order valence-electron chi connectivity index (χ0n) is 14.5. The molecule has 0 spiro atoms. The number of carbonyl (C=O) groups excluding carboxylic acids is 1. The van der Waals surface area contributed by atoms with Gasteiger partial charge in [0.2, 0.25) is 5.91 Å². The summed E-state index contributed by atoms with van der Waals surface area (Å²) in [4.78, 5) is 24.1. The van der Waals surface area contributed by atoms with Crippen LogP contribution >= 0.6 is 0 Å². The molecule has 134 valence electrons. The number of amides is 1. The van der Waals surface area contributed by atoms with Gasteiger partial charge in [0.1, 0.15) is 0 Å². The SMILES string of the molecule is CCn1cc(CC(=O)NCC2(C(=O)O)CCOCC2)c2ccccc21. The fourth-order valence-electron chi connectivity index (χ4n) is 3.46. The Hall–Kier alpha value is -2.34. The van der Waals surface area contributed by atoms with E-state index < -0.39 is 11.4 Å². The fraction of sp³-hybridized carbons (Fsp3) is 0.474. The average Bonchev–Trinajstić information content (AvgIpc) is 2.98. The van der Waals surface area contributed by atoms with E-state index in [-0.39, 0.29) is 18.9 Å². The van der Waals surface area contributed by atoms with Gasteiger partial charge >= 0.3 is 5.97 Å². The van der Waals surface area contributed by atoms with Crippen molar-refractivity contribution in [3.05, 3.63) is 36.0 Å². The van der Waals surface area contributed by atoms with Crippen LogP contribution in [-0.2, 0) is 27.3 Å². The molecule has 0 radical (unpaired) electrons. The number of ether oxygens (including phenoxy) is 1. The standard InChI is InChI=1S/C19H24N2O4/c1-2-21-12-14(15-5-3-4-6-16(15)21)11-17(22)20-13-19(18(23)24)7-9-25-10-8-19/h3-6,12H,2,7-11,13H2,1H3,(H,20,22)(H,23,24). The molecule has 1 aliphatic heterocycles. The highest BCUT2D eigenvalue weighted by atomic mass is 16.5.